The highest BCUT2D eigenvalue weighted by Gasteiger charge is 2.02. The van der Waals surface area contributed by atoms with Crippen LogP contribution in [0, 0.1) is 0 Å². The van der Waals surface area contributed by atoms with Gasteiger partial charge in [-0.3, -0.25) is 0 Å². The molecular weight excluding hydrogens is 245 g/mol. The second-order valence-corrected chi connectivity index (χ2v) is 4.01. The molecule has 0 saturated heterocycles. The lowest BCUT2D eigenvalue weighted by Crippen LogP contribution is -1.96. The molecule has 0 bridgehead atoms. The number of nitrogens with two attached hydrogens (primary N) is 1. The summed E-state index contributed by atoms with van der Waals surface area (Å²) < 4.78 is 0. The molecule has 3 nitrogen and oxygen atoms in total. The molecule has 0 aliphatic rings. The zero-order valence-corrected chi connectivity index (χ0v) is 9.76. The molecule has 0 spiro atoms. The summed E-state index contributed by atoms with van der Waals surface area (Å²) in [5, 5.41) is 4.00. The van der Waals surface area contributed by atoms with E-state index in [2.05, 4.69) is 10.3 Å². The maximum absolute atomic E-state index is 6.00. The van der Waals surface area contributed by atoms with Crippen LogP contribution in [0.4, 0.5) is 17.2 Å². The highest BCUT2D eigenvalue weighted by molar-refractivity contribution is 6.33. The second-order valence-electron chi connectivity index (χ2n) is 3.21. The zero-order valence-electron chi connectivity index (χ0n) is 8.24. The Hall–Kier alpha value is -1.45. The van der Waals surface area contributed by atoms with Gasteiger partial charge in [-0.05, 0) is 18.2 Å². The molecule has 0 amide bonds. The first-order valence-corrected chi connectivity index (χ1v) is 5.35. The number of halogens is 2. The average molecular weight is 254 g/mol. The third kappa shape index (κ3) is 2.56. The molecule has 0 radical (unpaired) electrons. The predicted octanol–water partition coefficient (Wildman–Crippen LogP) is 3.71. The van der Waals surface area contributed by atoms with Crippen molar-refractivity contribution in [2.24, 2.45) is 0 Å². The second kappa shape index (κ2) is 4.60. The number of para-hydroxylation sites is 1. The monoisotopic (exact) mass is 253 g/mol. The summed E-state index contributed by atoms with van der Waals surface area (Å²) in [6.45, 7) is 0. The quantitative estimate of drug-likeness (QED) is 0.803. The Morgan fingerprint density at radius 2 is 1.88 bits per heavy atom. The van der Waals surface area contributed by atoms with Crippen LogP contribution in [0.2, 0.25) is 10.2 Å². The Kier molecular flexibility index (Phi) is 3.17. The summed E-state index contributed by atoms with van der Waals surface area (Å²) in [5.74, 6) is 0.568. The number of rotatable bonds is 2. The Labute approximate surface area is 103 Å². The number of anilines is 3. The minimum atomic E-state index is 0.342. The maximum Gasteiger partial charge on any atom is 0.134 e. The van der Waals surface area contributed by atoms with Gasteiger partial charge in [0.05, 0.1) is 10.7 Å². The van der Waals surface area contributed by atoms with Crippen LogP contribution in [0.5, 0.6) is 0 Å². The number of nitrogens with zero attached hydrogens (tertiary/aromatic N) is 1. The molecule has 0 aliphatic carbocycles. The summed E-state index contributed by atoms with van der Waals surface area (Å²) in [4.78, 5) is 4.09. The maximum atomic E-state index is 6.00. The van der Waals surface area contributed by atoms with E-state index < -0.39 is 0 Å². The molecular formula is C11H9Cl2N3. The number of aromatic nitrogens is 1. The molecule has 0 unspecified atom stereocenters. The van der Waals surface area contributed by atoms with Gasteiger partial charge in [-0.25, -0.2) is 4.98 Å². The molecule has 2 rings (SSSR count). The molecule has 5 heteroatoms. The lowest BCUT2D eigenvalue weighted by Gasteiger charge is -2.08. The Bertz CT molecular complexity index is 494. The van der Waals surface area contributed by atoms with E-state index in [0.29, 0.717) is 21.7 Å². The smallest absolute Gasteiger partial charge is 0.134 e. The average Bonchev–Trinajstić information content (AvgIpc) is 2.20. The number of pyridine rings is 1. The molecule has 0 atom stereocenters. The lowest BCUT2D eigenvalue weighted by atomic mass is 10.3. The van der Waals surface area contributed by atoms with Crippen LogP contribution in [0.3, 0.4) is 0 Å². The standard InChI is InChI=1S/C11H9Cl2N3/c12-8-3-1-2-4-9(8)15-11-6-7(14)5-10(13)16-11/h1-6H,(H3,14,15,16). The van der Waals surface area contributed by atoms with Crippen molar-refractivity contribution in [2.75, 3.05) is 11.1 Å². The molecule has 0 saturated carbocycles. The van der Waals surface area contributed by atoms with Gasteiger partial charge in [-0.1, -0.05) is 35.3 Å². The molecule has 0 aliphatic heterocycles. The Morgan fingerprint density at radius 1 is 1.12 bits per heavy atom. The molecule has 82 valence electrons. The van der Waals surface area contributed by atoms with Crippen LogP contribution in [0.1, 0.15) is 0 Å². The van der Waals surface area contributed by atoms with Crippen molar-refractivity contribution >= 4 is 40.4 Å². The first-order valence-electron chi connectivity index (χ1n) is 4.60. The van der Waals surface area contributed by atoms with Gasteiger partial charge in [0.15, 0.2) is 0 Å². The van der Waals surface area contributed by atoms with Gasteiger partial charge in [-0.2, -0.15) is 0 Å². The van der Waals surface area contributed by atoms with E-state index in [9.17, 15) is 0 Å². The molecule has 2 aromatic rings. The zero-order chi connectivity index (χ0) is 11.5. The molecule has 1 aromatic carbocycles. The number of hydrogen-bond donors (Lipinski definition) is 2. The summed E-state index contributed by atoms with van der Waals surface area (Å²) in [6.07, 6.45) is 0. The fourth-order valence-corrected chi connectivity index (χ4v) is 1.68. The third-order valence-electron chi connectivity index (χ3n) is 1.95. The van der Waals surface area contributed by atoms with Crippen molar-refractivity contribution in [3.8, 4) is 0 Å². The molecule has 3 N–H and O–H groups in total. The molecule has 16 heavy (non-hydrogen) atoms. The van der Waals surface area contributed by atoms with Crippen LogP contribution < -0.4 is 11.1 Å². The van der Waals surface area contributed by atoms with Gasteiger partial charge in [0.25, 0.3) is 0 Å². The van der Waals surface area contributed by atoms with Gasteiger partial charge >= 0.3 is 0 Å². The van der Waals surface area contributed by atoms with Crippen molar-refractivity contribution in [2.45, 2.75) is 0 Å². The summed E-state index contributed by atoms with van der Waals surface area (Å²) >= 11 is 11.8. The first-order chi connectivity index (χ1) is 7.65. The van der Waals surface area contributed by atoms with E-state index in [-0.39, 0.29) is 0 Å². The highest BCUT2D eigenvalue weighted by atomic mass is 35.5. The Balaban J connectivity index is 2.30. The van der Waals surface area contributed by atoms with E-state index in [1.807, 2.05) is 18.2 Å². The van der Waals surface area contributed by atoms with Crippen molar-refractivity contribution in [3.63, 3.8) is 0 Å². The lowest BCUT2D eigenvalue weighted by molar-refractivity contribution is 1.31. The number of hydrogen-bond acceptors (Lipinski definition) is 3. The summed E-state index contributed by atoms with van der Waals surface area (Å²) in [7, 11) is 0. The predicted molar refractivity (Wildman–Crippen MR) is 68.4 cm³/mol. The van der Waals surface area contributed by atoms with Crippen molar-refractivity contribution < 1.29 is 0 Å². The fourth-order valence-electron chi connectivity index (χ4n) is 1.28. The van der Waals surface area contributed by atoms with Gasteiger partial charge in [0.2, 0.25) is 0 Å². The summed E-state index contributed by atoms with van der Waals surface area (Å²) in [5.41, 5.74) is 6.97. The van der Waals surface area contributed by atoms with E-state index in [1.54, 1.807) is 18.2 Å². The number of nitrogens with one attached hydrogen (secondary N) is 1. The Morgan fingerprint density at radius 3 is 2.56 bits per heavy atom. The van der Waals surface area contributed by atoms with Gasteiger partial charge in [-0.15, -0.1) is 0 Å². The van der Waals surface area contributed by atoms with Crippen LogP contribution in [0.25, 0.3) is 0 Å². The van der Waals surface area contributed by atoms with E-state index in [4.69, 9.17) is 28.9 Å². The fraction of sp³-hybridized carbons (Fsp3) is 0. The van der Waals surface area contributed by atoms with Crippen molar-refractivity contribution in [1.82, 2.24) is 4.98 Å². The van der Waals surface area contributed by atoms with E-state index in [0.717, 1.165) is 5.69 Å². The molecule has 1 aromatic heterocycles. The van der Waals surface area contributed by atoms with Crippen molar-refractivity contribution in [1.29, 1.82) is 0 Å². The number of nitrogen functional groups attached to an aromatic ring is 1. The van der Waals surface area contributed by atoms with Crippen LogP contribution in [0.15, 0.2) is 36.4 Å². The normalized spacial score (nSPS) is 10.1. The SMILES string of the molecule is Nc1cc(Cl)nc(Nc2ccccc2Cl)c1. The minimum Gasteiger partial charge on any atom is -0.399 e. The van der Waals surface area contributed by atoms with Crippen LogP contribution in [-0.2, 0) is 0 Å². The van der Waals surface area contributed by atoms with Crippen LogP contribution in [-0.4, -0.2) is 4.98 Å². The van der Waals surface area contributed by atoms with Gasteiger partial charge in [0.1, 0.15) is 11.0 Å². The third-order valence-corrected chi connectivity index (χ3v) is 2.48. The highest BCUT2D eigenvalue weighted by Crippen LogP contribution is 2.25. The topological polar surface area (TPSA) is 50.9 Å². The summed E-state index contributed by atoms with van der Waals surface area (Å²) in [6, 6.07) is 10.6. The first kappa shape index (κ1) is 11.0. The van der Waals surface area contributed by atoms with Gasteiger partial charge in [0, 0.05) is 11.8 Å². The van der Waals surface area contributed by atoms with Gasteiger partial charge < -0.3 is 11.1 Å². The number of benzene rings is 1. The van der Waals surface area contributed by atoms with Crippen molar-refractivity contribution in [3.05, 3.63) is 46.6 Å². The van der Waals surface area contributed by atoms with E-state index in [1.165, 1.54) is 0 Å². The molecule has 1 heterocycles. The van der Waals surface area contributed by atoms with Crippen LogP contribution >= 0.6 is 23.2 Å². The largest absolute Gasteiger partial charge is 0.399 e. The van der Waals surface area contributed by atoms with E-state index >= 15 is 0 Å². The molecule has 0 fully saturated rings. The minimum absolute atomic E-state index is 0.342.